The molecule has 0 fully saturated rings. The maximum Gasteiger partial charge on any atom is 0.243 e. The number of nitrogens with zero attached hydrogens (tertiary/aromatic N) is 3. The molecule has 2 heterocycles. The Bertz CT molecular complexity index is 559. The van der Waals surface area contributed by atoms with E-state index in [2.05, 4.69) is 44.9 Å². The van der Waals surface area contributed by atoms with Crippen molar-refractivity contribution in [2.24, 2.45) is 7.05 Å². The first-order valence-corrected chi connectivity index (χ1v) is 6.37. The molecule has 0 saturated carbocycles. The molecule has 2 N–H and O–H groups in total. The predicted octanol–water partition coefficient (Wildman–Crippen LogP) is 0.958. The van der Waals surface area contributed by atoms with E-state index in [-0.39, 0.29) is 0 Å². The summed E-state index contributed by atoms with van der Waals surface area (Å²) in [6.45, 7) is 3.15. The fourth-order valence-corrected chi connectivity index (χ4v) is 2.56. The van der Waals surface area contributed by atoms with Gasteiger partial charge in [0.25, 0.3) is 0 Å². The van der Waals surface area contributed by atoms with Gasteiger partial charge in [-0.3, -0.25) is 0 Å². The van der Waals surface area contributed by atoms with Gasteiger partial charge in [-0.15, -0.1) is 0 Å². The second-order valence-electron chi connectivity index (χ2n) is 4.94. The summed E-state index contributed by atoms with van der Waals surface area (Å²) >= 11 is 0. The van der Waals surface area contributed by atoms with E-state index in [4.69, 9.17) is 5.73 Å². The van der Waals surface area contributed by atoms with E-state index in [1.165, 1.54) is 11.3 Å². The molecule has 0 amide bonds. The number of nitrogens with two attached hydrogens (primary N) is 1. The van der Waals surface area contributed by atoms with Crippen molar-refractivity contribution in [1.82, 2.24) is 4.57 Å². The third kappa shape index (κ3) is 2.06. The Kier molecular flexibility index (Phi) is 2.70. The molecule has 0 saturated heterocycles. The molecule has 0 unspecified atom stereocenters. The molecule has 2 aromatic rings. The van der Waals surface area contributed by atoms with Gasteiger partial charge in [-0.05, 0) is 24.1 Å². The first-order chi connectivity index (χ1) is 8.72. The van der Waals surface area contributed by atoms with Gasteiger partial charge >= 0.3 is 0 Å². The van der Waals surface area contributed by atoms with Gasteiger partial charge in [0.05, 0.1) is 13.6 Å². The van der Waals surface area contributed by atoms with E-state index in [0.29, 0.717) is 0 Å². The van der Waals surface area contributed by atoms with E-state index in [9.17, 15) is 0 Å². The van der Waals surface area contributed by atoms with Crippen molar-refractivity contribution in [3.63, 3.8) is 0 Å². The van der Waals surface area contributed by atoms with E-state index >= 15 is 0 Å². The lowest BCUT2D eigenvalue weighted by Crippen LogP contribution is -2.27. The lowest BCUT2D eigenvalue weighted by molar-refractivity contribution is -0.671. The molecule has 1 aromatic carbocycles. The zero-order chi connectivity index (χ0) is 12.5. The smallest absolute Gasteiger partial charge is 0.243 e. The quantitative estimate of drug-likeness (QED) is 0.644. The molecular formula is C14H19N4+. The average molecular weight is 243 g/mol. The first kappa shape index (κ1) is 11.1. The summed E-state index contributed by atoms with van der Waals surface area (Å²) in [5.74, 6) is 0. The van der Waals surface area contributed by atoms with Crippen LogP contribution in [0, 0.1) is 0 Å². The average Bonchev–Trinajstić information content (AvgIpc) is 2.93. The van der Waals surface area contributed by atoms with Crippen LogP contribution in [0.5, 0.6) is 0 Å². The highest BCUT2D eigenvalue weighted by molar-refractivity contribution is 5.64. The fourth-order valence-electron chi connectivity index (χ4n) is 2.56. The Morgan fingerprint density at radius 2 is 2.22 bits per heavy atom. The van der Waals surface area contributed by atoms with Crippen LogP contribution in [0.15, 0.2) is 36.9 Å². The second kappa shape index (κ2) is 4.37. The maximum atomic E-state index is 5.87. The van der Waals surface area contributed by atoms with Crippen LogP contribution in [0.1, 0.15) is 5.56 Å². The molecule has 0 radical (unpaired) electrons. The van der Waals surface area contributed by atoms with Gasteiger partial charge in [0.15, 0.2) is 0 Å². The van der Waals surface area contributed by atoms with Crippen molar-refractivity contribution >= 4 is 11.4 Å². The van der Waals surface area contributed by atoms with Crippen molar-refractivity contribution < 1.29 is 4.57 Å². The molecule has 94 valence electrons. The zero-order valence-electron chi connectivity index (χ0n) is 10.7. The number of anilines is 2. The van der Waals surface area contributed by atoms with E-state index in [1.54, 1.807) is 0 Å². The molecule has 1 aromatic heterocycles. The van der Waals surface area contributed by atoms with Crippen LogP contribution in [0.2, 0.25) is 0 Å². The van der Waals surface area contributed by atoms with E-state index in [1.807, 2.05) is 13.1 Å². The highest BCUT2D eigenvalue weighted by Crippen LogP contribution is 2.29. The summed E-state index contributed by atoms with van der Waals surface area (Å²) in [7, 11) is 2.04. The molecule has 4 heteroatoms. The largest absolute Gasteiger partial charge is 0.399 e. The summed E-state index contributed by atoms with van der Waals surface area (Å²) in [5, 5.41) is 0. The van der Waals surface area contributed by atoms with E-state index < -0.39 is 0 Å². The zero-order valence-corrected chi connectivity index (χ0v) is 10.7. The number of imidazole rings is 1. The van der Waals surface area contributed by atoms with Gasteiger partial charge in [-0.1, -0.05) is 6.07 Å². The molecule has 0 bridgehead atoms. The molecule has 3 rings (SSSR count). The van der Waals surface area contributed by atoms with Crippen molar-refractivity contribution in [1.29, 1.82) is 0 Å². The number of aromatic nitrogens is 2. The molecule has 0 atom stereocenters. The van der Waals surface area contributed by atoms with Crippen molar-refractivity contribution in [2.75, 3.05) is 23.7 Å². The summed E-state index contributed by atoms with van der Waals surface area (Å²) in [4.78, 5) is 2.42. The lowest BCUT2D eigenvalue weighted by atomic mass is 10.1. The maximum absolute atomic E-state index is 5.87. The Morgan fingerprint density at radius 1 is 1.33 bits per heavy atom. The predicted molar refractivity (Wildman–Crippen MR) is 72.4 cm³/mol. The van der Waals surface area contributed by atoms with Gasteiger partial charge in [-0.2, -0.15) is 0 Å². The summed E-state index contributed by atoms with van der Waals surface area (Å²) in [5.41, 5.74) is 9.45. The lowest BCUT2D eigenvalue weighted by Gasteiger charge is -2.18. The van der Waals surface area contributed by atoms with Crippen molar-refractivity contribution in [2.45, 2.75) is 13.0 Å². The van der Waals surface area contributed by atoms with Crippen LogP contribution in [0.4, 0.5) is 11.4 Å². The molecular weight excluding hydrogens is 224 g/mol. The van der Waals surface area contributed by atoms with Gasteiger partial charge in [0.2, 0.25) is 6.33 Å². The van der Waals surface area contributed by atoms with Gasteiger partial charge in [0.1, 0.15) is 18.9 Å². The number of aryl methyl sites for hydroxylation is 1. The van der Waals surface area contributed by atoms with Crippen LogP contribution < -0.4 is 15.2 Å². The topological polar surface area (TPSA) is 38.1 Å². The van der Waals surface area contributed by atoms with Crippen LogP contribution in [-0.4, -0.2) is 17.7 Å². The molecule has 1 aliphatic rings. The minimum absolute atomic E-state index is 0.855. The monoisotopic (exact) mass is 243 g/mol. The minimum atomic E-state index is 0.855. The summed E-state index contributed by atoms with van der Waals surface area (Å²) < 4.78 is 4.28. The number of benzene rings is 1. The Morgan fingerprint density at radius 3 is 3.00 bits per heavy atom. The third-order valence-corrected chi connectivity index (χ3v) is 3.55. The Balaban J connectivity index is 1.71. The van der Waals surface area contributed by atoms with E-state index in [0.717, 1.165) is 31.7 Å². The number of rotatable bonds is 3. The Labute approximate surface area is 107 Å². The van der Waals surface area contributed by atoms with Crippen molar-refractivity contribution in [3.05, 3.63) is 42.5 Å². The fraction of sp³-hybridized carbons (Fsp3) is 0.357. The molecule has 1 aliphatic heterocycles. The van der Waals surface area contributed by atoms with Crippen LogP contribution in [-0.2, 0) is 20.0 Å². The highest BCUT2D eigenvalue weighted by Gasteiger charge is 2.19. The number of hydrogen-bond acceptors (Lipinski definition) is 2. The Hall–Kier alpha value is -1.97. The summed E-state index contributed by atoms with van der Waals surface area (Å²) in [6.07, 6.45) is 7.41. The van der Waals surface area contributed by atoms with Gasteiger partial charge in [0, 0.05) is 17.9 Å². The number of nitrogen functional groups attached to an aromatic ring is 1. The molecule has 18 heavy (non-hydrogen) atoms. The van der Waals surface area contributed by atoms with Crippen LogP contribution in [0.3, 0.4) is 0 Å². The second-order valence-corrected chi connectivity index (χ2v) is 4.94. The highest BCUT2D eigenvalue weighted by atomic mass is 15.2. The normalized spacial score (nSPS) is 13.9. The third-order valence-electron chi connectivity index (χ3n) is 3.55. The standard InChI is InChI=1S/C14H19N4/c1-16-6-7-17(11-16)8-9-18-5-4-12-2-3-13(15)10-14(12)18/h2-3,6-7,10-11H,4-5,8-9,15H2,1H3/q+1. The summed E-state index contributed by atoms with van der Waals surface area (Å²) in [6, 6.07) is 6.24. The molecule has 4 nitrogen and oxygen atoms in total. The number of hydrogen-bond donors (Lipinski definition) is 1. The first-order valence-electron chi connectivity index (χ1n) is 6.37. The SMILES string of the molecule is C[n+]1ccn(CCN2CCc3ccc(N)cc32)c1. The van der Waals surface area contributed by atoms with Crippen LogP contribution in [0.25, 0.3) is 0 Å². The molecule has 0 spiro atoms. The number of fused-ring (bicyclic) bond motifs is 1. The minimum Gasteiger partial charge on any atom is -0.399 e. The van der Waals surface area contributed by atoms with Crippen LogP contribution >= 0.6 is 0 Å². The van der Waals surface area contributed by atoms with Gasteiger partial charge < -0.3 is 10.6 Å². The van der Waals surface area contributed by atoms with Gasteiger partial charge in [-0.25, -0.2) is 9.13 Å². The molecule has 0 aliphatic carbocycles. The van der Waals surface area contributed by atoms with Crippen molar-refractivity contribution in [3.8, 4) is 0 Å².